The fraction of sp³-hybridized carbons (Fsp3) is 1.00. The summed E-state index contributed by atoms with van der Waals surface area (Å²) in [6.07, 6.45) is 1.30. The Labute approximate surface area is 84.0 Å². The molecule has 0 amide bonds. The molecule has 1 saturated heterocycles. The molecule has 0 aromatic rings. The molecule has 0 unspecified atom stereocenters. The summed E-state index contributed by atoms with van der Waals surface area (Å²) in [5.41, 5.74) is 0. The van der Waals surface area contributed by atoms with Gasteiger partial charge in [0.1, 0.15) is 0 Å². The Balaban J connectivity index is 0.000001000. The van der Waals surface area contributed by atoms with E-state index in [0.717, 1.165) is 12.5 Å². The SMILES string of the molecule is C[N-][C@H]1CN(C)CC[C@H]1C.[W]. The van der Waals surface area contributed by atoms with Crippen molar-refractivity contribution in [3.05, 3.63) is 5.32 Å². The van der Waals surface area contributed by atoms with Gasteiger partial charge in [-0.2, -0.15) is 7.05 Å². The normalized spacial score (nSPS) is 33.0. The van der Waals surface area contributed by atoms with Crippen LogP contribution in [0.4, 0.5) is 0 Å². The molecular weight excluding hydrogens is 308 g/mol. The maximum absolute atomic E-state index is 4.34. The third-order valence-corrected chi connectivity index (χ3v) is 2.45. The zero-order valence-electron chi connectivity index (χ0n) is 7.58. The van der Waals surface area contributed by atoms with E-state index in [-0.39, 0.29) is 21.1 Å². The van der Waals surface area contributed by atoms with Crippen LogP contribution >= 0.6 is 0 Å². The Morgan fingerprint density at radius 2 is 2.09 bits per heavy atom. The molecule has 0 aromatic heterocycles. The van der Waals surface area contributed by atoms with E-state index in [9.17, 15) is 0 Å². The van der Waals surface area contributed by atoms with Crippen molar-refractivity contribution in [2.75, 3.05) is 27.2 Å². The van der Waals surface area contributed by atoms with E-state index < -0.39 is 0 Å². The van der Waals surface area contributed by atoms with Gasteiger partial charge >= 0.3 is 0 Å². The van der Waals surface area contributed by atoms with Gasteiger partial charge in [-0.15, -0.1) is 6.04 Å². The van der Waals surface area contributed by atoms with Crippen molar-refractivity contribution in [1.29, 1.82) is 0 Å². The number of hydrogen-bond donors (Lipinski definition) is 0. The van der Waals surface area contributed by atoms with Gasteiger partial charge < -0.3 is 10.2 Å². The maximum atomic E-state index is 4.34. The monoisotopic (exact) mass is 325 g/mol. The second-order valence-corrected chi connectivity index (χ2v) is 3.35. The molecule has 1 heterocycles. The van der Waals surface area contributed by atoms with Crippen molar-refractivity contribution in [1.82, 2.24) is 4.90 Å². The van der Waals surface area contributed by atoms with Crippen LogP contribution in [0.15, 0.2) is 0 Å². The van der Waals surface area contributed by atoms with Crippen molar-refractivity contribution in [3.8, 4) is 0 Å². The minimum absolute atomic E-state index is 0. The largest absolute Gasteiger partial charge is 0.661 e. The predicted molar refractivity (Wildman–Crippen MR) is 44.3 cm³/mol. The standard InChI is InChI=1S/C8H17N2.W/c1-7-4-5-10(3)6-8(7)9-2;/h7-8H,4-6H2,1-3H3;/q-1;/t7-,8+;/m1./s1. The van der Waals surface area contributed by atoms with E-state index in [4.69, 9.17) is 0 Å². The minimum atomic E-state index is 0. The van der Waals surface area contributed by atoms with Crippen molar-refractivity contribution in [2.24, 2.45) is 5.92 Å². The predicted octanol–water partition coefficient (Wildman–Crippen LogP) is 1.33. The van der Waals surface area contributed by atoms with Crippen LogP contribution in [-0.2, 0) is 21.1 Å². The summed E-state index contributed by atoms with van der Waals surface area (Å²) >= 11 is 0. The molecule has 1 aliphatic rings. The van der Waals surface area contributed by atoms with Crippen LogP contribution in [0.25, 0.3) is 5.32 Å². The first-order valence-electron chi connectivity index (χ1n) is 4.01. The molecule has 0 aromatic carbocycles. The molecule has 0 bridgehead atoms. The number of likely N-dealkylation sites (N-methyl/N-ethyl adjacent to an activating group) is 2. The average Bonchev–Trinajstić information content (AvgIpc) is 1.94. The van der Waals surface area contributed by atoms with Gasteiger partial charge in [-0.25, -0.2) is 0 Å². The Hall–Kier alpha value is 0.608. The number of hydrogen-bond acceptors (Lipinski definition) is 1. The average molecular weight is 325 g/mol. The second-order valence-electron chi connectivity index (χ2n) is 3.35. The zero-order chi connectivity index (χ0) is 7.56. The van der Waals surface area contributed by atoms with Gasteiger partial charge in [0.25, 0.3) is 0 Å². The third kappa shape index (κ3) is 3.23. The molecule has 1 fully saturated rings. The van der Waals surface area contributed by atoms with Crippen molar-refractivity contribution in [3.63, 3.8) is 0 Å². The van der Waals surface area contributed by atoms with Gasteiger partial charge in [-0.3, -0.25) is 0 Å². The van der Waals surface area contributed by atoms with Crippen LogP contribution in [-0.4, -0.2) is 38.1 Å². The molecule has 0 N–H and O–H groups in total. The van der Waals surface area contributed by atoms with Gasteiger partial charge in [-0.1, -0.05) is 12.8 Å². The molecule has 0 radical (unpaired) electrons. The van der Waals surface area contributed by atoms with E-state index in [2.05, 4.69) is 24.2 Å². The molecule has 0 spiro atoms. The number of likely N-dealkylation sites (tertiary alicyclic amines) is 1. The van der Waals surface area contributed by atoms with Crippen LogP contribution in [0.5, 0.6) is 0 Å². The Bertz CT molecular complexity index is 108. The van der Waals surface area contributed by atoms with Crippen molar-refractivity contribution >= 4 is 0 Å². The Kier molecular flexibility index (Phi) is 5.58. The van der Waals surface area contributed by atoms with Crippen LogP contribution < -0.4 is 0 Å². The molecule has 3 heteroatoms. The van der Waals surface area contributed by atoms with Gasteiger partial charge in [-0.05, 0) is 26.6 Å². The van der Waals surface area contributed by atoms with Crippen LogP contribution in [0.3, 0.4) is 0 Å². The molecular formula is C8H17N2W-. The summed E-state index contributed by atoms with van der Waals surface area (Å²) in [6, 6.07) is 0.582. The Morgan fingerprint density at radius 3 is 2.55 bits per heavy atom. The number of nitrogens with zero attached hydrogens (tertiary/aromatic N) is 2. The zero-order valence-corrected chi connectivity index (χ0v) is 10.5. The van der Waals surface area contributed by atoms with Gasteiger partial charge in [0.2, 0.25) is 0 Å². The summed E-state index contributed by atoms with van der Waals surface area (Å²) in [7, 11) is 4.10. The smallest absolute Gasteiger partial charge is 0 e. The molecule has 0 saturated carbocycles. The van der Waals surface area contributed by atoms with E-state index in [0.29, 0.717) is 6.04 Å². The minimum Gasteiger partial charge on any atom is -0.661 e. The quantitative estimate of drug-likeness (QED) is 0.711. The van der Waals surface area contributed by atoms with E-state index in [1.807, 2.05) is 7.05 Å². The Morgan fingerprint density at radius 1 is 1.45 bits per heavy atom. The van der Waals surface area contributed by atoms with E-state index in [1.54, 1.807) is 0 Å². The first-order valence-corrected chi connectivity index (χ1v) is 4.01. The third-order valence-electron chi connectivity index (χ3n) is 2.45. The van der Waals surface area contributed by atoms with E-state index >= 15 is 0 Å². The molecule has 1 aliphatic heterocycles. The number of rotatable bonds is 1. The van der Waals surface area contributed by atoms with Crippen LogP contribution in [0.2, 0.25) is 0 Å². The second kappa shape index (κ2) is 5.29. The van der Waals surface area contributed by atoms with Crippen molar-refractivity contribution < 1.29 is 21.1 Å². The summed E-state index contributed by atoms with van der Waals surface area (Å²) < 4.78 is 0. The first-order chi connectivity index (χ1) is 4.74. The first kappa shape index (κ1) is 11.6. The van der Waals surface area contributed by atoms with Crippen molar-refractivity contribution in [2.45, 2.75) is 19.4 Å². The summed E-state index contributed by atoms with van der Waals surface area (Å²) in [5, 5.41) is 4.34. The van der Waals surface area contributed by atoms with Gasteiger partial charge in [0.15, 0.2) is 0 Å². The number of piperidine rings is 1. The van der Waals surface area contributed by atoms with E-state index in [1.165, 1.54) is 13.0 Å². The van der Waals surface area contributed by atoms with Gasteiger partial charge in [0, 0.05) is 21.1 Å². The molecule has 66 valence electrons. The summed E-state index contributed by atoms with van der Waals surface area (Å²) in [6.45, 7) is 4.69. The summed E-state index contributed by atoms with van der Waals surface area (Å²) in [5.74, 6) is 0.793. The fourth-order valence-electron chi connectivity index (χ4n) is 1.54. The van der Waals surface area contributed by atoms with Gasteiger partial charge in [0.05, 0.1) is 0 Å². The molecule has 1 rings (SSSR count). The van der Waals surface area contributed by atoms with Crippen LogP contribution in [0, 0.1) is 5.92 Å². The maximum Gasteiger partial charge on any atom is 0 e. The molecule has 11 heavy (non-hydrogen) atoms. The molecule has 2 atom stereocenters. The molecule has 2 nitrogen and oxygen atoms in total. The van der Waals surface area contributed by atoms with Crippen LogP contribution in [0.1, 0.15) is 13.3 Å². The molecule has 0 aliphatic carbocycles. The topological polar surface area (TPSA) is 17.3 Å². The fourth-order valence-corrected chi connectivity index (χ4v) is 1.54. The summed E-state index contributed by atoms with van der Waals surface area (Å²) in [4.78, 5) is 2.36.